The average molecular weight is 473 g/mol. The zero-order valence-electron chi connectivity index (χ0n) is 18.1. The van der Waals surface area contributed by atoms with E-state index in [1.54, 1.807) is 18.3 Å². The molecule has 32 heavy (non-hydrogen) atoms. The van der Waals surface area contributed by atoms with E-state index in [1.165, 1.54) is 18.2 Å². The van der Waals surface area contributed by atoms with E-state index in [1.807, 2.05) is 31.6 Å². The number of nitrogens with zero attached hydrogens (tertiary/aromatic N) is 2. The highest BCUT2D eigenvalue weighted by atomic mass is 35.5. The maximum absolute atomic E-state index is 13.0. The molecule has 1 unspecified atom stereocenters. The monoisotopic (exact) mass is 472 g/mol. The molecule has 2 N–H and O–H groups in total. The van der Waals surface area contributed by atoms with Crippen LogP contribution < -0.4 is 10.0 Å². The van der Waals surface area contributed by atoms with Crippen molar-refractivity contribution in [3.05, 3.63) is 75.6 Å². The van der Waals surface area contributed by atoms with Crippen molar-refractivity contribution in [2.45, 2.75) is 44.0 Å². The van der Waals surface area contributed by atoms with Gasteiger partial charge < -0.3 is 5.32 Å². The van der Waals surface area contributed by atoms with E-state index in [9.17, 15) is 13.2 Å². The van der Waals surface area contributed by atoms with Crippen LogP contribution in [0.25, 0.3) is 0 Å². The first-order chi connectivity index (χ1) is 15.2. The van der Waals surface area contributed by atoms with Crippen molar-refractivity contribution in [3.8, 4) is 0 Å². The number of rotatable bonds is 5. The molecule has 0 bridgehead atoms. The summed E-state index contributed by atoms with van der Waals surface area (Å²) in [6, 6.07) is 9.27. The Kier molecular flexibility index (Phi) is 6.01. The summed E-state index contributed by atoms with van der Waals surface area (Å²) in [5.41, 5.74) is 4.71. The molecule has 2 aromatic carbocycles. The Hall–Kier alpha value is -2.84. The lowest BCUT2D eigenvalue weighted by Gasteiger charge is -2.24. The van der Waals surface area contributed by atoms with Crippen LogP contribution in [0, 0.1) is 13.8 Å². The molecule has 1 heterocycles. The van der Waals surface area contributed by atoms with Crippen LogP contribution in [-0.4, -0.2) is 24.1 Å². The van der Waals surface area contributed by atoms with Gasteiger partial charge in [-0.1, -0.05) is 17.7 Å². The van der Waals surface area contributed by atoms with Gasteiger partial charge in [0.25, 0.3) is 15.9 Å². The van der Waals surface area contributed by atoms with Gasteiger partial charge in [-0.15, -0.1) is 0 Å². The van der Waals surface area contributed by atoms with Gasteiger partial charge in [0, 0.05) is 24.0 Å². The number of aryl methyl sites for hydroxylation is 3. The molecule has 9 heteroatoms. The van der Waals surface area contributed by atoms with Crippen molar-refractivity contribution < 1.29 is 13.2 Å². The van der Waals surface area contributed by atoms with Crippen LogP contribution in [0.4, 0.5) is 5.69 Å². The molecule has 0 spiro atoms. The van der Waals surface area contributed by atoms with Gasteiger partial charge in [0.05, 0.1) is 27.7 Å². The maximum Gasteiger partial charge on any atom is 0.261 e. The Morgan fingerprint density at radius 1 is 1.16 bits per heavy atom. The molecule has 0 aliphatic heterocycles. The molecule has 0 fully saturated rings. The molecule has 3 aromatic rings. The number of amides is 1. The third kappa shape index (κ3) is 4.38. The number of carbonyl (C=O) groups is 1. The van der Waals surface area contributed by atoms with E-state index >= 15 is 0 Å². The van der Waals surface area contributed by atoms with Crippen LogP contribution in [0.3, 0.4) is 0 Å². The SMILES string of the molecule is Cc1ccc(NS(=O)(=O)c2ccc(Cl)c(C(=O)NC3CCCc4c3cnn4C)c2)cc1C. The fourth-order valence-corrected chi connectivity index (χ4v) is 5.24. The normalized spacial score (nSPS) is 15.8. The molecule has 1 amide bonds. The summed E-state index contributed by atoms with van der Waals surface area (Å²) >= 11 is 6.27. The standard InChI is InChI=1S/C23H25ClN4O3S/c1-14-7-8-16(11-15(14)2)27-32(30,31)17-9-10-20(24)18(12-17)23(29)26-21-5-4-6-22-19(21)13-25-28(22)3/h7-13,21,27H,4-6H2,1-3H3,(H,26,29). The van der Waals surface area contributed by atoms with Crippen LogP contribution in [0.1, 0.15) is 51.6 Å². The number of hydrogen-bond donors (Lipinski definition) is 2. The lowest BCUT2D eigenvalue weighted by molar-refractivity contribution is 0.0932. The second-order valence-corrected chi connectivity index (χ2v) is 10.2. The fraction of sp³-hybridized carbons (Fsp3) is 0.304. The molecule has 1 atom stereocenters. The van der Waals surface area contributed by atoms with Crippen LogP contribution in [-0.2, 0) is 23.5 Å². The average Bonchev–Trinajstić information content (AvgIpc) is 3.12. The number of fused-ring (bicyclic) bond motifs is 1. The summed E-state index contributed by atoms with van der Waals surface area (Å²) in [4.78, 5) is 13.0. The molecule has 1 aromatic heterocycles. The number of carbonyl (C=O) groups excluding carboxylic acids is 1. The van der Waals surface area contributed by atoms with Crippen molar-refractivity contribution in [1.29, 1.82) is 0 Å². The molecule has 0 saturated heterocycles. The van der Waals surface area contributed by atoms with Crippen LogP contribution >= 0.6 is 11.6 Å². The highest BCUT2D eigenvalue weighted by Crippen LogP contribution is 2.30. The molecular weight excluding hydrogens is 448 g/mol. The third-order valence-electron chi connectivity index (χ3n) is 5.93. The van der Waals surface area contributed by atoms with Crippen molar-refractivity contribution in [3.63, 3.8) is 0 Å². The first kappa shape index (κ1) is 22.4. The Morgan fingerprint density at radius 3 is 2.69 bits per heavy atom. The minimum Gasteiger partial charge on any atom is -0.345 e. The quantitative estimate of drug-likeness (QED) is 0.579. The van der Waals surface area contributed by atoms with Gasteiger partial charge in [-0.25, -0.2) is 8.42 Å². The van der Waals surface area contributed by atoms with Gasteiger partial charge in [-0.05, 0) is 74.6 Å². The zero-order valence-corrected chi connectivity index (χ0v) is 19.7. The lowest BCUT2D eigenvalue weighted by atomic mass is 9.93. The summed E-state index contributed by atoms with van der Waals surface area (Å²) in [7, 11) is -2.01. The molecule has 1 aliphatic rings. The second-order valence-electron chi connectivity index (χ2n) is 8.13. The lowest BCUT2D eigenvalue weighted by Crippen LogP contribution is -2.31. The van der Waals surface area contributed by atoms with Gasteiger partial charge in [-0.2, -0.15) is 5.10 Å². The topological polar surface area (TPSA) is 93.1 Å². The zero-order chi connectivity index (χ0) is 23.0. The van der Waals surface area contributed by atoms with Gasteiger partial charge in [0.1, 0.15) is 0 Å². The fourth-order valence-electron chi connectivity index (χ4n) is 3.96. The van der Waals surface area contributed by atoms with E-state index in [4.69, 9.17) is 11.6 Å². The maximum atomic E-state index is 13.0. The van der Waals surface area contributed by atoms with Gasteiger partial charge in [0.2, 0.25) is 0 Å². The Bertz CT molecular complexity index is 1300. The van der Waals surface area contributed by atoms with Crippen LogP contribution in [0.5, 0.6) is 0 Å². The minimum absolute atomic E-state index is 0.0315. The number of anilines is 1. The Labute approximate surface area is 192 Å². The number of halogens is 1. The smallest absolute Gasteiger partial charge is 0.261 e. The molecule has 0 saturated carbocycles. The predicted molar refractivity (Wildman–Crippen MR) is 125 cm³/mol. The van der Waals surface area contributed by atoms with E-state index in [-0.39, 0.29) is 21.5 Å². The second kappa shape index (κ2) is 8.60. The molecule has 4 rings (SSSR count). The first-order valence-electron chi connectivity index (χ1n) is 10.4. The summed E-state index contributed by atoms with van der Waals surface area (Å²) < 4.78 is 30.3. The third-order valence-corrected chi connectivity index (χ3v) is 7.64. The van der Waals surface area contributed by atoms with Gasteiger partial charge in [0.15, 0.2) is 0 Å². The minimum atomic E-state index is -3.90. The van der Waals surface area contributed by atoms with Gasteiger partial charge in [-0.3, -0.25) is 14.2 Å². The van der Waals surface area contributed by atoms with E-state index in [0.29, 0.717) is 5.69 Å². The summed E-state index contributed by atoms with van der Waals surface area (Å²) in [6.07, 6.45) is 4.40. The van der Waals surface area contributed by atoms with Crippen molar-refractivity contribution in [2.75, 3.05) is 4.72 Å². The summed E-state index contributed by atoms with van der Waals surface area (Å²) in [5.74, 6) is -0.417. The summed E-state index contributed by atoms with van der Waals surface area (Å²) in [5, 5.41) is 7.48. The summed E-state index contributed by atoms with van der Waals surface area (Å²) in [6.45, 7) is 3.87. The van der Waals surface area contributed by atoms with Crippen molar-refractivity contribution in [2.24, 2.45) is 7.05 Å². The van der Waals surface area contributed by atoms with Crippen molar-refractivity contribution in [1.82, 2.24) is 15.1 Å². The molecule has 7 nitrogen and oxygen atoms in total. The number of aromatic nitrogens is 2. The molecule has 0 radical (unpaired) electrons. The van der Waals surface area contributed by atoms with E-state index in [2.05, 4.69) is 15.1 Å². The first-order valence-corrected chi connectivity index (χ1v) is 12.2. The number of hydrogen-bond acceptors (Lipinski definition) is 4. The van der Waals surface area contributed by atoms with Crippen LogP contribution in [0.15, 0.2) is 47.5 Å². The molecule has 1 aliphatic carbocycles. The number of nitrogens with one attached hydrogen (secondary N) is 2. The van der Waals surface area contributed by atoms with Crippen LogP contribution in [0.2, 0.25) is 5.02 Å². The van der Waals surface area contributed by atoms with E-state index < -0.39 is 15.9 Å². The number of sulfonamides is 1. The highest BCUT2D eigenvalue weighted by molar-refractivity contribution is 7.92. The molecule has 168 valence electrons. The Morgan fingerprint density at radius 2 is 1.94 bits per heavy atom. The van der Waals surface area contributed by atoms with E-state index in [0.717, 1.165) is 41.6 Å². The predicted octanol–water partition coefficient (Wildman–Crippen LogP) is 4.30. The highest BCUT2D eigenvalue weighted by Gasteiger charge is 2.26. The Balaban J connectivity index is 1.58. The van der Waals surface area contributed by atoms with Crippen molar-refractivity contribution >= 4 is 33.2 Å². The molecular formula is C23H25ClN4O3S. The number of benzene rings is 2. The van der Waals surface area contributed by atoms with Gasteiger partial charge >= 0.3 is 0 Å². The largest absolute Gasteiger partial charge is 0.345 e.